The molecule has 1 unspecified atom stereocenters. The highest BCUT2D eigenvalue weighted by Gasteiger charge is 2.11. The lowest BCUT2D eigenvalue weighted by Crippen LogP contribution is -2.17. The quantitative estimate of drug-likeness (QED) is 0.809. The van der Waals surface area contributed by atoms with Crippen LogP contribution in [-0.4, -0.2) is 7.05 Å². The number of rotatable bonds is 5. The fourth-order valence-electron chi connectivity index (χ4n) is 1.75. The zero-order valence-electron chi connectivity index (χ0n) is 10.1. The van der Waals surface area contributed by atoms with E-state index < -0.39 is 0 Å². The van der Waals surface area contributed by atoms with Crippen LogP contribution in [0.1, 0.15) is 38.3 Å². The minimum atomic E-state index is 0.332. The summed E-state index contributed by atoms with van der Waals surface area (Å²) in [6.07, 6.45) is 2.29. The van der Waals surface area contributed by atoms with Gasteiger partial charge in [-0.15, -0.1) is 0 Å². The van der Waals surface area contributed by atoms with Gasteiger partial charge >= 0.3 is 0 Å². The van der Waals surface area contributed by atoms with Crippen LogP contribution in [0.25, 0.3) is 0 Å². The summed E-state index contributed by atoms with van der Waals surface area (Å²) in [6, 6.07) is 6.06. The van der Waals surface area contributed by atoms with E-state index in [1.807, 2.05) is 19.2 Å². The highest BCUT2D eigenvalue weighted by molar-refractivity contribution is 6.34. The maximum Gasteiger partial charge on any atom is 0.0424 e. The molecule has 0 fully saturated rings. The Morgan fingerprint density at radius 3 is 2.06 bits per heavy atom. The number of nitrogens with one attached hydrogen (secondary N) is 1. The topological polar surface area (TPSA) is 12.0 Å². The van der Waals surface area contributed by atoms with Crippen molar-refractivity contribution in [3.8, 4) is 0 Å². The Morgan fingerprint density at radius 2 is 1.62 bits per heavy atom. The Hall–Kier alpha value is -0.240. The van der Waals surface area contributed by atoms with Crippen LogP contribution in [0.2, 0.25) is 10.0 Å². The lowest BCUT2D eigenvalue weighted by atomic mass is 9.98. The van der Waals surface area contributed by atoms with Gasteiger partial charge in [-0.1, -0.05) is 37.0 Å². The highest BCUT2D eigenvalue weighted by atomic mass is 35.5. The van der Waals surface area contributed by atoms with Gasteiger partial charge in [0.05, 0.1) is 0 Å². The van der Waals surface area contributed by atoms with Crippen LogP contribution in [0, 0.1) is 5.92 Å². The molecule has 0 bridgehead atoms. The second-order valence-electron chi connectivity index (χ2n) is 4.52. The molecular weight excluding hydrogens is 241 g/mol. The number of halogens is 2. The third kappa shape index (κ3) is 4.32. The molecular formula is C13H19Cl2N. The molecule has 0 heterocycles. The fourth-order valence-corrected chi connectivity index (χ4v) is 2.30. The van der Waals surface area contributed by atoms with E-state index >= 15 is 0 Å². The molecule has 1 aromatic carbocycles. The molecule has 0 aliphatic carbocycles. The standard InChI is InChI=1S/C13H19Cl2N/c1-9(2)4-5-13(16-3)10-6-11(14)8-12(15)7-10/h6-9,13,16H,4-5H2,1-3H3. The SMILES string of the molecule is CNC(CCC(C)C)c1cc(Cl)cc(Cl)c1. The molecule has 1 rings (SSSR count). The van der Waals surface area contributed by atoms with Gasteiger partial charge < -0.3 is 5.32 Å². The van der Waals surface area contributed by atoms with Gasteiger partial charge in [0.1, 0.15) is 0 Å². The molecule has 1 nitrogen and oxygen atoms in total. The summed E-state index contributed by atoms with van der Waals surface area (Å²) in [7, 11) is 1.97. The van der Waals surface area contributed by atoms with Crippen molar-refractivity contribution in [2.45, 2.75) is 32.7 Å². The molecule has 0 aromatic heterocycles. The number of hydrogen-bond acceptors (Lipinski definition) is 1. The third-order valence-corrected chi connectivity index (χ3v) is 3.10. The average Bonchev–Trinajstić information content (AvgIpc) is 2.16. The number of hydrogen-bond donors (Lipinski definition) is 1. The molecule has 1 atom stereocenters. The van der Waals surface area contributed by atoms with Crippen LogP contribution in [-0.2, 0) is 0 Å². The molecule has 0 aliphatic heterocycles. The predicted octanol–water partition coefficient (Wildman–Crippen LogP) is 4.69. The van der Waals surface area contributed by atoms with E-state index in [1.165, 1.54) is 12.0 Å². The zero-order chi connectivity index (χ0) is 12.1. The molecule has 0 radical (unpaired) electrons. The first-order valence-electron chi connectivity index (χ1n) is 5.66. The van der Waals surface area contributed by atoms with E-state index in [2.05, 4.69) is 19.2 Å². The Bertz CT molecular complexity index is 316. The van der Waals surface area contributed by atoms with E-state index in [-0.39, 0.29) is 0 Å². The minimum Gasteiger partial charge on any atom is -0.313 e. The smallest absolute Gasteiger partial charge is 0.0424 e. The van der Waals surface area contributed by atoms with Crippen molar-refractivity contribution < 1.29 is 0 Å². The van der Waals surface area contributed by atoms with Crippen LogP contribution in [0.5, 0.6) is 0 Å². The molecule has 16 heavy (non-hydrogen) atoms. The lowest BCUT2D eigenvalue weighted by Gasteiger charge is -2.18. The van der Waals surface area contributed by atoms with Gasteiger partial charge in [-0.05, 0) is 49.6 Å². The fraction of sp³-hybridized carbons (Fsp3) is 0.538. The van der Waals surface area contributed by atoms with Crippen LogP contribution in [0.15, 0.2) is 18.2 Å². The van der Waals surface area contributed by atoms with E-state index in [1.54, 1.807) is 6.07 Å². The Balaban J connectivity index is 2.78. The molecule has 3 heteroatoms. The maximum absolute atomic E-state index is 6.00. The van der Waals surface area contributed by atoms with Gasteiger partial charge in [-0.25, -0.2) is 0 Å². The van der Waals surface area contributed by atoms with Crippen LogP contribution in [0.3, 0.4) is 0 Å². The van der Waals surface area contributed by atoms with Crippen LogP contribution >= 0.6 is 23.2 Å². The Morgan fingerprint density at radius 1 is 1.06 bits per heavy atom. The largest absolute Gasteiger partial charge is 0.313 e. The van der Waals surface area contributed by atoms with E-state index in [4.69, 9.17) is 23.2 Å². The molecule has 1 N–H and O–H groups in total. The first-order chi connectivity index (χ1) is 7.52. The van der Waals surface area contributed by atoms with Crippen molar-refractivity contribution in [3.05, 3.63) is 33.8 Å². The predicted molar refractivity (Wildman–Crippen MR) is 72.3 cm³/mol. The van der Waals surface area contributed by atoms with E-state index in [9.17, 15) is 0 Å². The van der Waals surface area contributed by atoms with Crippen molar-refractivity contribution in [3.63, 3.8) is 0 Å². The van der Waals surface area contributed by atoms with Crippen molar-refractivity contribution in [2.24, 2.45) is 5.92 Å². The van der Waals surface area contributed by atoms with Crippen molar-refractivity contribution >= 4 is 23.2 Å². The monoisotopic (exact) mass is 259 g/mol. The molecule has 90 valence electrons. The summed E-state index contributed by atoms with van der Waals surface area (Å²) in [5.41, 5.74) is 1.17. The summed E-state index contributed by atoms with van der Waals surface area (Å²) >= 11 is 12.0. The van der Waals surface area contributed by atoms with Gasteiger partial charge in [0.2, 0.25) is 0 Å². The molecule has 1 aromatic rings. The third-order valence-electron chi connectivity index (χ3n) is 2.67. The summed E-state index contributed by atoms with van der Waals surface area (Å²) in [5, 5.41) is 4.71. The summed E-state index contributed by atoms with van der Waals surface area (Å²) < 4.78 is 0. The van der Waals surface area contributed by atoms with E-state index in [0.717, 1.165) is 6.42 Å². The van der Waals surface area contributed by atoms with Gasteiger partial charge in [0, 0.05) is 16.1 Å². The van der Waals surface area contributed by atoms with Gasteiger partial charge in [-0.3, -0.25) is 0 Å². The second-order valence-corrected chi connectivity index (χ2v) is 5.39. The average molecular weight is 260 g/mol. The zero-order valence-corrected chi connectivity index (χ0v) is 11.6. The van der Waals surface area contributed by atoms with Crippen LogP contribution in [0.4, 0.5) is 0 Å². The first kappa shape index (κ1) is 13.8. The lowest BCUT2D eigenvalue weighted by molar-refractivity contribution is 0.465. The van der Waals surface area contributed by atoms with Crippen molar-refractivity contribution in [1.82, 2.24) is 5.32 Å². The van der Waals surface area contributed by atoms with Crippen molar-refractivity contribution in [1.29, 1.82) is 0 Å². The summed E-state index contributed by atoms with van der Waals surface area (Å²) in [4.78, 5) is 0. The van der Waals surface area contributed by atoms with Gasteiger partial charge in [-0.2, -0.15) is 0 Å². The molecule has 0 saturated heterocycles. The summed E-state index contributed by atoms with van der Waals surface area (Å²) in [5.74, 6) is 0.713. The Labute approximate surface area is 108 Å². The van der Waals surface area contributed by atoms with Gasteiger partial charge in [0.25, 0.3) is 0 Å². The second kappa shape index (κ2) is 6.48. The molecule has 0 aliphatic rings. The van der Waals surface area contributed by atoms with E-state index in [0.29, 0.717) is 22.0 Å². The minimum absolute atomic E-state index is 0.332. The van der Waals surface area contributed by atoms with Gasteiger partial charge in [0.15, 0.2) is 0 Å². The molecule has 0 amide bonds. The number of benzene rings is 1. The normalized spacial score (nSPS) is 13.1. The molecule has 0 spiro atoms. The highest BCUT2D eigenvalue weighted by Crippen LogP contribution is 2.26. The summed E-state index contributed by atoms with van der Waals surface area (Å²) in [6.45, 7) is 4.47. The molecule has 0 saturated carbocycles. The maximum atomic E-state index is 6.00. The van der Waals surface area contributed by atoms with Crippen molar-refractivity contribution in [2.75, 3.05) is 7.05 Å². The van der Waals surface area contributed by atoms with Crippen LogP contribution < -0.4 is 5.32 Å². The Kier molecular flexibility index (Phi) is 5.60. The first-order valence-corrected chi connectivity index (χ1v) is 6.41.